The zero-order valence-electron chi connectivity index (χ0n) is 13.8. The summed E-state index contributed by atoms with van der Waals surface area (Å²) >= 11 is 12.5. The topological polar surface area (TPSA) is 40.6 Å². The second kappa shape index (κ2) is 7.32. The Morgan fingerprint density at radius 1 is 1.12 bits per heavy atom. The van der Waals surface area contributed by atoms with Gasteiger partial charge in [-0.25, -0.2) is 0 Å². The lowest BCUT2D eigenvalue weighted by molar-refractivity contribution is -0.135. The van der Waals surface area contributed by atoms with Crippen LogP contribution in [0.1, 0.15) is 31.7 Å². The summed E-state index contributed by atoms with van der Waals surface area (Å²) in [5.74, 6) is 0.271. The van der Waals surface area contributed by atoms with Crippen molar-refractivity contribution in [1.29, 1.82) is 0 Å². The molecule has 2 amide bonds. The van der Waals surface area contributed by atoms with Crippen molar-refractivity contribution >= 4 is 35.0 Å². The number of hydrogen-bond donors (Lipinski definition) is 0. The molecule has 0 aliphatic carbocycles. The van der Waals surface area contributed by atoms with E-state index in [1.165, 1.54) is 0 Å². The number of carbonyl (C=O) groups excluding carboxylic acids is 2. The van der Waals surface area contributed by atoms with Crippen molar-refractivity contribution in [2.24, 2.45) is 5.92 Å². The van der Waals surface area contributed by atoms with Gasteiger partial charge in [0.2, 0.25) is 11.8 Å². The van der Waals surface area contributed by atoms with Crippen molar-refractivity contribution in [3.8, 4) is 0 Å². The third-order valence-corrected chi connectivity index (χ3v) is 5.92. The van der Waals surface area contributed by atoms with Gasteiger partial charge in [-0.05, 0) is 43.4 Å². The van der Waals surface area contributed by atoms with E-state index < -0.39 is 0 Å². The normalized spacial score (nSPS) is 22.3. The maximum absolute atomic E-state index is 12.8. The Balaban J connectivity index is 1.62. The third-order valence-electron chi connectivity index (χ3n) is 5.21. The van der Waals surface area contributed by atoms with Gasteiger partial charge >= 0.3 is 0 Å². The Bertz CT molecular complexity index is 622. The first-order chi connectivity index (χ1) is 11.5. The fourth-order valence-electron chi connectivity index (χ4n) is 3.78. The second-order valence-electron chi connectivity index (χ2n) is 6.66. The predicted molar refractivity (Wildman–Crippen MR) is 95.3 cm³/mol. The molecule has 0 bridgehead atoms. The van der Waals surface area contributed by atoms with E-state index in [4.69, 9.17) is 23.2 Å². The van der Waals surface area contributed by atoms with Crippen LogP contribution < -0.4 is 0 Å². The number of nitrogens with zero attached hydrogens (tertiary/aromatic N) is 2. The molecule has 0 saturated carbocycles. The van der Waals surface area contributed by atoms with E-state index >= 15 is 0 Å². The summed E-state index contributed by atoms with van der Waals surface area (Å²) in [5, 5.41) is 1.26. The van der Waals surface area contributed by atoms with Crippen LogP contribution in [0.25, 0.3) is 0 Å². The van der Waals surface area contributed by atoms with Crippen LogP contribution >= 0.6 is 23.2 Å². The Hall–Kier alpha value is -1.26. The van der Waals surface area contributed by atoms with Crippen molar-refractivity contribution in [2.45, 2.75) is 38.6 Å². The molecule has 0 aromatic heterocycles. The molecule has 2 heterocycles. The van der Waals surface area contributed by atoms with Gasteiger partial charge in [0.05, 0.1) is 0 Å². The molecule has 3 rings (SSSR count). The molecule has 4 nitrogen and oxygen atoms in total. The molecule has 2 aliphatic rings. The van der Waals surface area contributed by atoms with E-state index in [0.29, 0.717) is 16.5 Å². The quantitative estimate of drug-likeness (QED) is 0.820. The number of carbonyl (C=O) groups is 2. The number of benzene rings is 1. The van der Waals surface area contributed by atoms with E-state index in [9.17, 15) is 9.59 Å². The summed E-state index contributed by atoms with van der Waals surface area (Å²) in [6.45, 7) is 3.87. The van der Waals surface area contributed by atoms with Gasteiger partial charge in [-0.1, -0.05) is 29.3 Å². The highest BCUT2D eigenvalue weighted by Crippen LogP contribution is 2.32. The van der Waals surface area contributed by atoms with Gasteiger partial charge < -0.3 is 9.80 Å². The minimum absolute atomic E-state index is 0.0479. The molecule has 24 heavy (non-hydrogen) atoms. The van der Waals surface area contributed by atoms with Gasteiger partial charge in [0.1, 0.15) is 0 Å². The summed E-state index contributed by atoms with van der Waals surface area (Å²) in [4.78, 5) is 28.1. The average Bonchev–Trinajstić information content (AvgIpc) is 2.92. The van der Waals surface area contributed by atoms with Gasteiger partial charge in [0.25, 0.3) is 0 Å². The van der Waals surface area contributed by atoms with Crippen molar-refractivity contribution in [1.82, 2.24) is 9.80 Å². The first kappa shape index (κ1) is 17.6. The van der Waals surface area contributed by atoms with Crippen LogP contribution in [0.3, 0.4) is 0 Å². The van der Waals surface area contributed by atoms with Crippen molar-refractivity contribution in [3.05, 3.63) is 33.8 Å². The zero-order valence-corrected chi connectivity index (χ0v) is 15.3. The molecule has 2 saturated heterocycles. The van der Waals surface area contributed by atoms with Gasteiger partial charge in [-0.15, -0.1) is 0 Å². The SMILES string of the molecule is CC(=O)N1CCC(N2CCC(Cc3c(Cl)cccc3Cl)C2=O)CC1. The molecule has 2 aliphatic heterocycles. The largest absolute Gasteiger partial charge is 0.343 e. The van der Waals surface area contributed by atoms with Gasteiger partial charge in [0.15, 0.2) is 0 Å². The number of rotatable bonds is 3. The lowest BCUT2D eigenvalue weighted by Gasteiger charge is -2.36. The first-order valence-electron chi connectivity index (χ1n) is 8.46. The molecule has 1 aromatic rings. The van der Waals surface area contributed by atoms with E-state index in [2.05, 4.69) is 0 Å². The Morgan fingerprint density at radius 3 is 2.33 bits per heavy atom. The maximum Gasteiger partial charge on any atom is 0.226 e. The van der Waals surface area contributed by atoms with Crippen LogP contribution in [-0.4, -0.2) is 47.3 Å². The predicted octanol–water partition coefficient (Wildman–Crippen LogP) is 3.40. The highest BCUT2D eigenvalue weighted by atomic mass is 35.5. The number of halogens is 2. The Labute approximate surface area is 152 Å². The molecule has 1 unspecified atom stereocenters. The average molecular weight is 369 g/mol. The van der Waals surface area contributed by atoms with Crippen LogP contribution in [-0.2, 0) is 16.0 Å². The Kier molecular flexibility index (Phi) is 5.36. The summed E-state index contributed by atoms with van der Waals surface area (Å²) in [7, 11) is 0. The molecule has 0 radical (unpaired) electrons. The zero-order chi connectivity index (χ0) is 17.3. The van der Waals surface area contributed by atoms with Crippen LogP contribution in [0, 0.1) is 5.92 Å². The van der Waals surface area contributed by atoms with Gasteiger partial charge in [-0.2, -0.15) is 0 Å². The molecule has 6 heteroatoms. The molecule has 0 spiro atoms. The number of likely N-dealkylation sites (tertiary alicyclic amines) is 2. The first-order valence-corrected chi connectivity index (χ1v) is 9.22. The smallest absolute Gasteiger partial charge is 0.226 e. The fourth-order valence-corrected chi connectivity index (χ4v) is 4.33. The van der Waals surface area contributed by atoms with Crippen LogP contribution in [0.15, 0.2) is 18.2 Å². The van der Waals surface area contributed by atoms with Crippen LogP contribution in [0.2, 0.25) is 10.0 Å². The number of hydrogen-bond acceptors (Lipinski definition) is 2. The van der Waals surface area contributed by atoms with Crippen molar-refractivity contribution < 1.29 is 9.59 Å². The number of piperidine rings is 1. The van der Waals surface area contributed by atoms with Crippen molar-refractivity contribution in [3.63, 3.8) is 0 Å². The minimum atomic E-state index is -0.0479. The fraction of sp³-hybridized carbons (Fsp3) is 0.556. The van der Waals surface area contributed by atoms with Gasteiger partial charge in [0, 0.05) is 48.6 Å². The highest BCUT2D eigenvalue weighted by molar-refractivity contribution is 6.36. The lowest BCUT2D eigenvalue weighted by Crippen LogP contribution is -2.47. The lowest BCUT2D eigenvalue weighted by atomic mass is 9.97. The van der Waals surface area contributed by atoms with Crippen LogP contribution in [0.5, 0.6) is 0 Å². The molecule has 2 fully saturated rings. The van der Waals surface area contributed by atoms with E-state index in [0.717, 1.165) is 44.5 Å². The molecular formula is C18H22Cl2N2O2. The third kappa shape index (κ3) is 3.55. The minimum Gasteiger partial charge on any atom is -0.343 e. The summed E-state index contributed by atoms with van der Waals surface area (Å²) in [6, 6.07) is 5.70. The molecule has 1 atom stereocenters. The van der Waals surface area contributed by atoms with Gasteiger partial charge in [-0.3, -0.25) is 9.59 Å². The summed E-state index contributed by atoms with van der Waals surface area (Å²) < 4.78 is 0. The molecule has 0 N–H and O–H groups in total. The van der Waals surface area contributed by atoms with Crippen LogP contribution in [0.4, 0.5) is 0 Å². The van der Waals surface area contributed by atoms with Crippen molar-refractivity contribution in [2.75, 3.05) is 19.6 Å². The summed E-state index contributed by atoms with van der Waals surface area (Å²) in [5.41, 5.74) is 0.868. The molecule has 1 aromatic carbocycles. The Morgan fingerprint density at radius 2 is 1.75 bits per heavy atom. The molecular weight excluding hydrogens is 347 g/mol. The molecule has 130 valence electrons. The van der Waals surface area contributed by atoms with E-state index in [-0.39, 0.29) is 23.8 Å². The highest BCUT2D eigenvalue weighted by Gasteiger charge is 2.37. The monoisotopic (exact) mass is 368 g/mol. The standard InChI is InChI=1S/C18H22Cl2N2O2/c1-12(23)21-8-6-14(7-9-21)22-10-5-13(18(22)24)11-15-16(19)3-2-4-17(15)20/h2-4,13-14H,5-11H2,1H3. The summed E-state index contributed by atoms with van der Waals surface area (Å²) in [6.07, 6.45) is 3.17. The van der Waals surface area contributed by atoms with E-state index in [1.54, 1.807) is 6.92 Å². The maximum atomic E-state index is 12.8. The number of amides is 2. The second-order valence-corrected chi connectivity index (χ2v) is 7.47. The van der Waals surface area contributed by atoms with E-state index in [1.807, 2.05) is 28.0 Å².